The summed E-state index contributed by atoms with van der Waals surface area (Å²) in [4.78, 5) is 14.0. The lowest BCUT2D eigenvalue weighted by Gasteiger charge is -2.31. The van der Waals surface area contributed by atoms with Gasteiger partial charge in [-0.2, -0.15) is 0 Å². The van der Waals surface area contributed by atoms with Crippen molar-refractivity contribution < 1.29 is 18.7 Å². The molecule has 1 amide bonds. The number of rotatable bonds is 2. The number of fused-ring (bicyclic) bond motifs is 1. The second kappa shape index (κ2) is 5.25. The van der Waals surface area contributed by atoms with Crippen LogP contribution in [0.2, 0.25) is 0 Å². The largest absolute Gasteiger partial charge is 0.448 e. The third-order valence-corrected chi connectivity index (χ3v) is 3.77. The minimum atomic E-state index is -0.464. The number of benzene rings is 1. The zero-order valence-electron chi connectivity index (χ0n) is 11.0. The van der Waals surface area contributed by atoms with Crippen LogP contribution in [-0.4, -0.2) is 35.6 Å². The fourth-order valence-corrected chi connectivity index (χ4v) is 2.69. The minimum absolute atomic E-state index is 0.0819. The van der Waals surface area contributed by atoms with Gasteiger partial charge in [-0.1, -0.05) is 12.1 Å². The number of halogens is 1. The minimum Gasteiger partial charge on any atom is -0.448 e. The molecule has 1 fully saturated rings. The van der Waals surface area contributed by atoms with Crippen LogP contribution in [0.15, 0.2) is 28.7 Å². The number of para-hydroxylation sites is 1. The number of piperidine rings is 1. The third kappa shape index (κ3) is 2.29. The molecular formula is C15H16FNO3. The molecule has 1 atom stereocenters. The monoisotopic (exact) mass is 277 g/mol. The van der Waals surface area contributed by atoms with Gasteiger partial charge in [-0.25, -0.2) is 4.39 Å². The first-order valence-corrected chi connectivity index (χ1v) is 6.77. The number of hydrogen-bond donors (Lipinski definition) is 1. The molecule has 4 nitrogen and oxygen atoms in total. The number of amides is 1. The van der Waals surface area contributed by atoms with Gasteiger partial charge >= 0.3 is 0 Å². The van der Waals surface area contributed by atoms with Crippen LogP contribution in [0.1, 0.15) is 23.4 Å². The lowest BCUT2D eigenvalue weighted by atomic mass is 9.99. The molecule has 2 heterocycles. The Morgan fingerprint density at radius 2 is 2.35 bits per heavy atom. The van der Waals surface area contributed by atoms with Crippen LogP contribution in [-0.2, 0) is 0 Å². The predicted molar refractivity (Wildman–Crippen MR) is 71.9 cm³/mol. The summed E-state index contributed by atoms with van der Waals surface area (Å²) >= 11 is 0. The lowest BCUT2D eigenvalue weighted by Crippen LogP contribution is -2.40. The molecule has 0 saturated carbocycles. The van der Waals surface area contributed by atoms with Gasteiger partial charge in [-0.3, -0.25) is 4.79 Å². The SMILES string of the molecule is O=C(c1cc2cccc(F)c2o1)N1CCCC(CO)C1. The average molecular weight is 277 g/mol. The zero-order chi connectivity index (χ0) is 14.1. The van der Waals surface area contributed by atoms with E-state index in [2.05, 4.69) is 0 Å². The van der Waals surface area contributed by atoms with E-state index in [0.29, 0.717) is 18.5 Å². The zero-order valence-corrected chi connectivity index (χ0v) is 11.0. The number of aliphatic hydroxyl groups excluding tert-OH is 1. The molecule has 1 aliphatic rings. The summed E-state index contributed by atoms with van der Waals surface area (Å²) in [6, 6.07) is 6.18. The van der Waals surface area contributed by atoms with Crippen molar-refractivity contribution in [3.63, 3.8) is 0 Å². The summed E-state index contributed by atoms with van der Waals surface area (Å²) in [5, 5.41) is 9.79. The third-order valence-electron chi connectivity index (χ3n) is 3.77. The predicted octanol–water partition coefficient (Wildman–Crippen LogP) is 2.42. The molecule has 1 aromatic heterocycles. The van der Waals surface area contributed by atoms with Gasteiger partial charge in [-0.15, -0.1) is 0 Å². The Hall–Kier alpha value is -1.88. The first-order chi connectivity index (χ1) is 9.69. The van der Waals surface area contributed by atoms with Gasteiger partial charge in [0.2, 0.25) is 0 Å². The van der Waals surface area contributed by atoms with Gasteiger partial charge in [0.05, 0.1) is 0 Å². The van der Waals surface area contributed by atoms with Crippen LogP contribution in [0.25, 0.3) is 11.0 Å². The Bertz CT molecular complexity index is 637. The second-order valence-electron chi connectivity index (χ2n) is 5.21. The molecule has 0 radical (unpaired) electrons. The fraction of sp³-hybridized carbons (Fsp3) is 0.400. The summed E-state index contributed by atoms with van der Waals surface area (Å²) in [5.74, 6) is -0.426. The van der Waals surface area contributed by atoms with Crippen molar-refractivity contribution in [2.24, 2.45) is 5.92 Å². The second-order valence-corrected chi connectivity index (χ2v) is 5.21. The number of aliphatic hydroxyl groups is 1. The van der Waals surface area contributed by atoms with Crippen LogP contribution in [0.3, 0.4) is 0 Å². The van der Waals surface area contributed by atoms with Crippen LogP contribution in [0.4, 0.5) is 4.39 Å². The highest BCUT2D eigenvalue weighted by molar-refractivity contribution is 5.96. The van der Waals surface area contributed by atoms with Crippen molar-refractivity contribution in [2.45, 2.75) is 12.8 Å². The number of nitrogens with zero attached hydrogens (tertiary/aromatic N) is 1. The van der Waals surface area contributed by atoms with Gasteiger partial charge < -0.3 is 14.4 Å². The van der Waals surface area contributed by atoms with E-state index in [1.165, 1.54) is 6.07 Å². The molecule has 106 valence electrons. The molecule has 1 saturated heterocycles. The van der Waals surface area contributed by atoms with Crippen molar-refractivity contribution in [3.8, 4) is 0 Å². The molecule has 0 spiro atoms. The van der Waals surface area contributed by atoms with Crippen LogP contribution in [0.5, 0.6) is 0 Å². The van der Waals surface area contributed by atoms with Crippen molar-refractivity contribution in [1.29, 1.82) is 0 Å². The number of furan rings is 1. The quantitative estimate of drug-likeness (QED) is 0.917. The Labute approximate surface area is 115 Å². The van der Waals surface area contributed by atoms with Crippen LogP contribution in [0, 0.1) is 11.7 Å². The molecule has 20 heavy (non-hydrogen) atoms. The first-order valence-electron chi connectivity index (χ1n) is 6.77. The van der Waals surface area contributed by atoms with E-state index in [0.717, 1.165) is 12.8 Å². The highest BCUT2D eigenvalue weighted by Crippen LogP contribution is 2.24. The Morgan fingerprint density at radius 1 is 1.50 bits per heavy atom. The van der Waals surface area contributed by atoms with E-state index in [-0.39, 0.29) is 29.8 Å². The van der Waals surface area contributed by atoms with Crippen molar-refractivity contribution in [2.75, 3.05) is 19.7 Å². The molecule has 3 rings (SSSR count). The standard InChI is InChI=1S/C15H16FNO3/c16-12-5-1-4-11-7-13(20-14(11)12)15(19)17-6-2-3-10(8-17)9-18/h1,4-5,7,10,18H,2-3,6,8-9H2. The molecule has 1 aliphatic heterocycles. The molecule has 1 N–H and O–H groups in total. The van der Waals surface area contributed by atoms with Crippen molar-refractivity contribution in [1.82, 2.24) is 4.90 Å². The topological polar surface area (TPSA) is 53.7 Å². The van der Waals surface area contributed by atoms with Gasteiger partial charge in [0.1, 0.15) is 0 Å². The average Bonchev–Trinajstić information content (AvgIpc) is 2.92. The maximum Gasteiger partial charge on any atom is 0.289 e. The highest BCUT2D eigenvalue weighted by Gasteiger charge is 2.26. The lowest BCUT2D eigenvalue weighted by molar-refractivity contribution is 0.0592. The number of carbonyl (C=O) groups excluding carboxylic acids is 1. The molecular weight excluding hydrogens is 261 g/mol. The van der Waals surface area contributed by atoms with E-state index >= 15 is 0 Å². The van der Waals surface area contributed by atoms with E-state index in [4.69, 9.17) is 4.42 Å². The molecule has 0 bridgehead atoms. The Kier molecular flexibility index (Phi) is 3.44. The highest BCUT2D eigenvalue weighted by atomic mass is 19.1. The maximum atomic E-state index is 13.6. The normalized spacial score (nSPS) is 19.5. The molecule has 1 aromatic carbocycles. The van der Waals surface area contributed by atoms with Crippen molar-refractivity contribution in [3.05, 3.63) is 35.8 Å². The van der Waals surface area contributed by atoms with Crippen molar-refractivity contribution >= 4 is 16.9 Å². The number of hydrogen-bond acceptors (Lipinski definition) is 3. The molecule has 0 aliphatic carbocycles. The summed E-state index contributed by atoms with van der Waals surface area (Å²) in [6.07, 6.45) is 1.79. The van der Waals surface area contributed by atoms with Gasteiger partial charge in [0.25, 0.3) is 5.91 Å². The molecule has 1 unspecified atom stereocenters. The van der Waals surface area contributed by atoms with Gasteiger partial charge in [0.15, 0.2) is 17.2 Å². The molecule has 5 heteroatoms. The summed E-state index contributed by atoms with van der Waals surface area (Å²) in [7, 11) is 0. The van der Waals surface area contributed by atoms with Crippen LogP contribution >= 0.6 is 0 Å². The fourth-order valence-electron chi connectivity index (χ4n) is 2.69. The van der Waals surface area contributed by atoms with Gasteiger partial charge in [-0.05, 0) is 30.9 Å². The van der Waals surface area contributed by atoms with E-state index < -0.39 is 5.82 Å². The molecule has 2 aromatic rings. The Morgan fingerprint density at radius 3 is 3.10 bits per heavy atom. The Balaban J connectivity index is 1.86. The smallest absolute Gasteiger partial charge is 0.289 e. The number of carbonyl (C=O) groups is 1. The first kappa shape index (κ1) is 13.1. The van der Waals surface area contributed by atoms with Crippen LogP contribution < -0.4 is 0 Å². The summed E-state index contributed by atoms with van der Waals surface area (Å²) in [5.41, 5.74) is 0.117. The summed E-state index contributed by atoms with van der Waals surface area (Å²) < 4.78 is 18.9. The van der Waals surface area contributed by atoms with E-state index in [1.807, 2.05) is 0 Å². The van der Waals surface area contributed by atoms with E-state index in [1.54, 1.807) is 23.1 Å². The van der Waals surface area contributed by atoms with E-state index in [9.17, 15) is 14.3 Å². The summed E-state index contributed by atoms with van der Waals surface area (Å²) in [6.45, 7) is 1.25. The van der Waals surface area contributed by atoms with Gasteiger partial charge in [0, 0.05) is 25.1 Å². The number of likely N-dealkylation sites (tertiary alicyclic amines) is 1. The maximum absolute atomic E-state index is 13.6.